The molecule has 2 aromatic rings. The predicted octanol–water partition coefficient (Wildman–Crippen LogP) is 3.30. The molecule has 2 atom stereocenters. The largest absolute Gasteiger partial charge is 0.445 e. The van der Waals surface area contributed by atoms with Crippen molar-refractivity contribution >= 4 is 17.9 Å². The van der Waals surface area contributed by atoms with Crippen LogP contribution >= 0.6 is 11.8 Å². The summed E-state index contributed by atoms with van der Waals surface area (Å²) in [6.45, 7) is 4.42. The van der Waals surface area contributed by atoms with Crippen molar-refractivity contribution in [2.45, 2.75) is 23.1 Å². The topological polar surface area (TPSA) is 50.8 Å². The summed E-state index contributed by atoms with van der Waals surface area (Å²) < 4.78 is 11.0. The summed E-state index contributed by atoms with van der Waals surface area (Å²) in [5, 5.41) is 3.52. The number of hydrogen-bond donors (Lipinski definition) is 1. The second-order valence-corrected chi connectivity index (χ2v) is 8.79. The smallest absolute Gasteiger partial charge is 0.408 e. The minimum atomic E-state index is -0.347. The van der Waals surface area contributed by atoms with Gasteiger partial charge in [0.25, 0.3) is 0 Å². The Morgan fingerprint density at radius 1 is 1.07 bits per heavy atom. The molecule has 0 aliphatic carbocycles. The van der Waals surface area contributed by atoms with Crippen molar-refractivity contribution in [1.29, 1.82) is 0 Å². The van der Waals surface area contributed by atoms with E-state index in [9.17, 15) is 4.79 Å². The average Bonchev–Trinajstić information content (AvgIpc) is 3.39. The quantitative estimate of drug-likeness (QED) is 0.726. The van der Waals surface area contributed by atoms with E-state index in [4.69, 9.17) is 9.47 Å². The molecule has 2 aliphatic rings. The number of morpholine rings is 1. The van der Waals surface area contributed by atoms with Crippen molar-refractivity contribution < 1.29 is 14.3 Å². The third kappa shape index (κ3) is 5.07. The van der Waals surface area contributed by atoms with Crippen LogP contribution in [0.1, 0.15) is 11.1 Å². The summed E-state index contributed by atoms with van der Waals surface area (Å²) in [6, 6.07) is 20.2. The summed E-state index contributed by atoms with van der Waals surface area (Å²) in [6.07, 6.45) is 0.592. The number of thioether (sulfide) groups is 1. The Hall–Kier alpha value is -2.02. The molecule has 1 N–H and O–H groups in total. The Labute approximate surface area is 170 Å². The predicted molar refractivity (Wildman–Crippen MR) is 111 cm³/mol. The first-order valence-corrected chi connectivity index (χ1v) is 10.6. The van der Waals surface area contributed by atoms with Gasteiger partial charge in [0.15, 0.2) is 0 Å². The van der Waals surface area contributed by atoms with Gasteiger partial charge in [-0.05, 0) is 17.5 Å². The summed E-state index contributed by atoms with van der Waals surface area (Å²) >= 11 is 1.83. The second kappa shape index (κ2) is 8.99. The highest BCUT2D eigenvalue weighted by molar-refractivity contribution is 8.08. The van der Waals surface area contributed by atoms with Crippen LogP contribution in [0.15, 0.2) is 60.7 Å². The van der Waals surface area contributed by atoms with Crippen LogP contribution in [0.5, 0.6) is 0 Å². The van der Waals surface area contributed by atoms with E-state index in [-0.39, 0.29) is 17.6 Å². The number of amides is 1. The van der Waals surface area contributed by atoms with Crippen molar-refractivity contribution in [1.82, 2.24) is 10.2 Å². The van der Waals surface area contributed by atoms with E-state index in [0.717, 1.165) is 44.8 Å². The van der Waals surface area contributed by atoms with Gasteiger partial charge in [0.1, 0.15) is 11.5 Å². The minimum absolute atomic E-state index is 0.286. The molecule has 4 rings (SSSR count). The lowest BCUT2D eigenvalue weighted by atomic mass is 10.0. The van der Waals surface area contributed by atoms with Gasteiger partial charge in [-0.15, -0.1) is 11.8 Å². The molecular weight excluding hydrogens is 372 g/mol. The zero-order chi connectivity index (χ0) is 19.2. The number of nitrogens with zero attached hydrogens (tertiary/aromatic N) is 1. The van der Waals surface area contributed by atoms with E-state index < -0.39 is 0 Å². The number of rotatable bonds is 7. The molecule has 5 nitrogen and oxygen atoms in total. The van der Waals surface area contributed by atoms with E-state index in [1.54, 1.807) is 0 Å². The van der Waals surface area contributed by atoms with E-state index in [1.807, 2.05) is 48.2 Å². The van der Waals surface area contributed by atoms with Crippen LogP contribution in [0.2, 0.25) is 0 Å². The van der Waals surface area contributed by atoms with Gasteiger partial charge in [-0.3, -0.25) is 4.90 Å². The molecule has 2 aliphatic heterocycles. The van der Waals surface area contributed by atoms with Crippen molar-refractivity contribution in [3.05, 3.63) is 71.8 Å². The molecule has 1 amide bonds. The molecule has 2 fully saturated rings. The lowest BCUT2D eigenvalue weighted by molar-refractivity contribution is 0.0328. The van der Waals surface area contributed by atoms with Crippen LogP contribution in [0.4, 0.5) is 4.79 Å². The number of hydrogen-bond acceptors (Lipinski definition) is 5. The SMILES string of the molecule is O=C(N[C@@]1(CN2CCOCC2)SC1Cc1ccccc1)OCc1ccccc1. The number of ether oxygens (including phenoxy) is 2. The maximum atomic E-state index is 12.5. The van der Waals surface area contributed by atoms with E-state index in [2.05, 4.69) is 34.5 Å². The van der Waals surface area contributed by atoms with Crippen molar-refractivity contribution in [2.24, 2.45) is 0 Å². The highest BCUT2D eigenvalue weighted by Gasteiger charge is 2.57. The lowest BCUT2D eigenvalue weighted by Gasteiger charge is -2.30. The number of alkyl carbamates (subject to hydrolysis) is 1. The van der Waals surface area contributed by atoms with E-state index in [0.29, 0.717) is 5.25 Å². The van der Waals surface area contributed by atoms with E-state index >= 15 is 0 Å². The Morgan fingerprint density at radius 3 is 2.39 bits per heavy atom. The Kier molecular flexibility index (Phi) is 6.20. The molecule has 2 heterocycles. The molecule has 0 aromatic heterocycles. The zero-order valence-electron chi connectivity index (χ0n) is 15.9. The fourth-order valence-electron chi connectivity index (χ4n) is 3.57. The number of carbonyl (C=O) groups excluding carboxylic acids is 1. The molecular formula is C22H26N2O3S. The highest BCUT2D eigenvalue weighted by atomic mass is 32.2. The molecule has 0 bridgehead atoms. The average molecular weight is 399 g/mol. The molecule has 1 unspecified atom stereocenters. The fourth-order valence-corrected chi connectivity index (χ4v) is 4.90. The zero-order valence-corrected chi connectivity index (χ0v) is 16.7. The van der Waals surface area contributed by atoms with Gasteiger partial charge in [0, 0.05) is 24.9 Å². The molecule has 148 valence electrons. The van der Waals surface area contributed by atoms with Gasteiger partial charge in [0.05, 0.1) is 13.2 Å². The summed E-state index contributed by atoms with van der Waals surface area (Å²) in [5.74, 6) is 0. The number of carbonyl (C=O) groups is 1. The Bertz CT molecular complexity index is 768. The van der Waals surface area contributed by atoms with E-state index in [1.165, 1.54) is 5.56 Å². The first-order chi connectivity index (χ1) is 13.7. The number of benzene rings is 2. The first kappa shape index (κ1) is 19.3. The highest BCUT2D eigenvalue weighted by Crippen LogP contribution is 2.53. The molecule has 0 spiro atoms. The van der Waals surface area contributed by atoms with Gasteiger partial charge < -0.3 is 14.8 Å². The van der Waals surface area contributed by atoms with Gasteiger partial charge in [-0.1, -0.05) is 60.7 Å². The van der Waals surface area contributed by atoms with Crippen LogP contribution in [-0.2, 0) is 22.5 Å². The normalized spacial score (nSPS) is 24.5. The minimum Gasteiger partial charge on any atom is -0.445 e. The van der Waals surface area contributed by atoms with Crippen LogP contribution in [-0.4, -0.2) is 54.0 Å². The summed E-state index contributed by atoms with van der Waals surface area (Å²) in [4.78, 5) is 14.6. The van der Waals surface area contributed by atoms with Crippen LogP contribution in [0, 0.1) is 0 Å². The third-order valence-corrected chi connectivity index (χ3v) is 6.70. The van der Waals surface area contributed by atoms with Crippen molar-refractivity contribution in [2.75, 3.05) is 32.8 Å². The summed E-state index contributed by atoms with van der Waals surface area (Å²) in [7, 11) is 0. The Balaban J connectivity index is 1.37. The maximum absolute atomic E-state index is 12.5. The molecule has 28 heavy (non-hydrogen) atoms. The molecule has 0 saturated carbocycles. The molecule has 6 heteroatoms. The van der Waals surface area contributed by atoms with Crippen molar-refractivity contribution in [3.8, 4) is 0 Å². The van der Waals surface area contributed by atoms with Gasteiger partial charge >= 0.3 is 6.09 Å². The van der Waals surface area contributed by atoms with Gasteiger partial charge in [0.2, 0.25) is 0 Å². The van der Waals surface area contributed by atoms with Crippen LogP contribution in [0.25, 0.3) is 0 Å². The monoisotopic (exact) mass is 398 g/mol. The Morgan fingerprint density at radius 2 is 1.71 bits per heavy atom. The lowest BCUT2D eigenvalue weighted by Crippen LogP contribution is -2.50. The third-order valence-electron chi connectivity index (χ3n) is 5.17. The maximum Gasteiger partial charge on any atom is 0.408 e. The molecule has 0 radical (unpaired) electrons. The second-order valence-electron chi connectivity index (χ2n) is 7.26. The van der Waals surface area contributed by atoms with Crippen LogP contribution in [0.3, 0.4) is 0 Å². The van der Waals surface area contributed by atoms with Gasteiger partial charge in [-0.25, -0.2) is 4.79 Å². The first-order valence-electron chi connectivity index (χ1n) is 9.74. The molecule has 2 saturated heterocycles. The van der Waals surface area contributed by atoms with Crippen molar-refractivity contribution in [3.63, 3.8) is 0 Å². The van der Waals surface area contributed by atoms with Crippen LogP contribution < -0.4 is 5.32 Å². The standard InChI is InChI=1S/C22H26N2O3S/c25-21(27-16-19-9-5-2-6-10-19)23-22(17-24-11-13-26-14-12-24)20(28-22)15-18-7-3-1-4-8-18/h1-10,20H,11-17H2,(H,23,25)/t20?,22-/m0/s1. The number of nitrogens with one attached hydrogen (secondary N) is 1. The fraction of sp³-hybridized carbons (Fsp3) is 0.409. The van der Waals surface area contributed by atoms with Gasteiger partial charge in [-0.2, -0.15) is 0 Å². The molecule has 2 aromatic carbocycles. The summed E-state index contributed by atoms with van der Waals surface area (Å²) in [5.41, 5.74) is 2.28.